The minimum Gasteiger partial charge on any atom is -0.504 e. The maximum Gasteiger partial charge on any atom is 0.165 e. The van der Waals surface area contributed by atoms with Crippen LogP contribution in [-0.2, 0) is 0 Å². The molecule has 0 bridgehead atoms. The van der Waals surface area contributed by atoms with Gasteiger partial charge in [-0.15, -0.1) is 0 Å². The van der Waals surface area contributed by atoms with E-state index in [0.29, 0.717) is 22.8 Å². The first-order valence-corrected chi connectivity index (χ1v) is 5.79. The molecule has 0 aliphatic carbocycles. The highest BCUT2D eigenvalue weighted by molar-refractivity contribution is 5.78. The number of methoxy groups -OCH3 is 3. The number of benzene rings is 2. The van der Waals surface area contributed by atoms with Gasteiger partial charge in [-0.2, -0.15) is 0 Å². The summed E-state index contributed by atoms with van der Waals surface area (Å²) in [6, 6.07) is 10.7. The molecule has 0 saturated heterocycles. The molecular formula is C15H16O4. The first-order valence-electron chi connectivity index (χ1n) is 5.79. The van der Waals surface area contributed by atoms with Crippen molar-refractivity contribution < 1.29 is 19.3 Å². The number of hydrogen-bond acceptors (Lipinski definition) is 4. The molecule has 4 heteroatoms. The highest BCUT2D eigenvalue weighted by Crippen LogP contribution is 2.42. The molecule has 2 aromatic rings. The Balaban J connectivity index is 2.63. The van der Waals surface area contributed by atoms with Crippen molar-refractivity contribution in [1.82, 2.24) is 0 Å². The minimum absolute atomic E-state index is 0.0801. The molecule has 2 aromatic carbocycles. The van der Waals surface area contributed by atoms with Crippen molar-refractivity contribution in [2.24, 2.45) is 0 Å². The van der Waals surface area contributed by atoms with Crippen LogP contribution in [0, 0.1) is 0 Å². The van der Waals surface area contributed by atoms with E-state index in [1.165, 1.54) is 7.11 Å². The molecule has 0 radical (unpaired) electrons. The predicted octanol–water partition coefficient (Wildman–Crippen LogP) is 3.09. The van der Waals surface area contributed by atoms with Crippen LogP contribution < -0.4 is 14.2 Å². The maximum atomic E-state index is 10.2. The van der Waals surface area contributed by atoms with Gasteiger partial charge in [0.15, 0.2) is 11.5 Å². The number of rotatable bonds is 4. The van der Waals surface area contributed by atoms with Crippen LogP contribution in [0.15, 0.2) is 36.4 Å². The molecular weight excluding hydrogens is 244 g/mol. The van der Waals surface area contributed by atoms with E-state index in [1.807, 2.05) is 12.1 Å². The van der Waals surface area contributed by atoms with E-state index in [2.05, 4.69) is 0 Å². The number of aromatic hydroxyl groups is 1. The van der Waals surface area contributed by atoms with Crippen LogP contribution in [0.3, 0.4) is 0 Å². The summed E-state index contributed by atoms with van der Waals surface area (Å²) >= 11 is 0. The van der Waals surface area contributed by atoms with Gasteiger partial charge in [0.05, 0.1) is 21.3 Å². The van der Waals surface area contributed by atoms with Crippen LogP contribution in [0.4, 0.5) is 0 Å². The lowest BCUT2D eigenvalue weighted by Gasteiger charge is -2.13. The lowest BCUT2D eigenvalue weighted by Crippen LogP contribution is -1.92. The summed E-state index contributed by atoms with van der Waals surface area (Å²) < 4.78 is 15.6. The van der Waals surface area contributed by atoms with Gasteiger partial charge in [0.1, 0.15) is 11.5 Å². The number of para-hydroxylation sites is 1. The Bertz CT molecular complexity index is 578. The van der Waals surface area contributed by atoms with Crippen LogP contribution >= 0.6 is 0 Å². The Morgan fingerprint density at radius 3 is 2.16 bits per heavy atom. The van der Waals surface area contributed by atoms with Crippen molar-refractivity contribution in [3.05, 3.63) is 36.4 Å². The zero-order chi connectivity index (χ0) is 13.8. The van der Waals surface area contributed by atoms with E-state index in [0.717, 1.165) is 5.56 Å². The lowest BCUT2D eigenvalue weighted by molar-refractivity contribution is 0.374. The molecule has 0 aromatic heterocycles. The molecule has 4 nitrogen and oxygen atoms in total. The Kier molecular flexibility index (Phi) is 3.80. The molecule has 0 amide bonds. The molecule has 0 aliphatic heterocycles. The number of phenolic OH excluding ortho intramolecular Hbond substituents is 1. The molecule has 100 valence electrons. The summed E-state index contributed by atoms with van der Waals surface area (Å²) in [5.41, 5.74) is 1.38. The monoisotopic (exact) mass is 260 g/mol. The van der Waals surface area contributed by atoms with Crippen LogP contribution in [-0.4, -0.2) is 26.4 Å². The average Bonchev–Trinajstić information content (AvgIpc) is 2.47. The first-order chi connectivity index (χ1) is 9.21. The molecule has 2 rings (SSSR count). The first kappa shape index (κ1) is 13.1. The number of phenols is 1. The van der Waals surface area contributed by atoms with Gasteiger partial charge in [-0.25, -0.2) is 0 Å². The van der Waals surface area contributed by atoms with Gasteiger partial charge in [-0.1, -0.05) is 12.1 Å². The second-order valence-corrected chi connectivity index (χ2v) is 3.92. The van der Waals surface area contributed by atoms with Gasteiger partial charge in [0.25, 0.3) is 0 Å². The van der Waals surface area contributed by atoms with E-state index in [9.17, 15) is 5.11 Å². The van der Waals surface area contributed by atoms with E-state index in [4.69, 9.17) is 14.2 Å². The molecule has 0 fully saturated rings. The number of hydrogen-bond donors (Lipinski definition) is 1. The third-order valence-corrected chi connectivity index (χ3v) is 2.92. The van der Waals surface area contributed by atoms with Crippen molar-refractivity contribution in [3.8, 4) is 34.1 Å². The zero-order valence-electron chi connectivity index (χ0n) is 11.1. The highest BCUT2D eigenvalue weighted by Gasteiger charge is 2.14. The zero-order valence-corrected chi connectivity index (χ0v) is 11.1. The van der Waals surface area contributed by atoms with Gasteiger partial charge >= 0.3 is 0 Å². The Labute approximate surface area is 112 Å². The van der Waals surface area contributed by atoms with E-state index in [-0.39, 0.29) is 5.75 Å². The van der Waals surface area contributed by atoms with Crippen LogP contribution in [0.25, 0.3) is 11.1 Å². The second kappa shape index (κ2) is 5.52. The summed E-state index contributed by atoms with van der Waals surface area (Å²) in [6.07, 6.45) is 0. The van der Waals surface area contributed by atoms with Gasteiger partial charge in [-0.05, 0) is 24.3 Å². The van der Waals surface area contributed by atoms with Crippen LogP contribution in [0.1, 0.15) is 0 Å². The molecule has 0 heterocycles. The largest absolute Gasteiger partial charge is 0.504 e. The van der Waals surface area contributed by atoms with Gasteiger partial charge in [0.2, 0.25) is 0 Å². The van der Waals surface area contributed by atoms with E-state index < -0.39 is 0 Å². The number of ether oxygens (including phenoxy) is 3. The van der Waals surface area contributed by atoms with Crippen molar-refractivity contribution in [1.29, 1.82) is 0 Å². The fourth-order valence-corrected chi connectivity index (χ4v) is 1.93. The minimum atomic E-state index is 0.0801. The molecule has 0 spiro atoms. The smallest absolute Gasteiger partial charge is 0.165 e. The molecule has 0 unspecified atom stereocenters. The molecule has 0 atom stereocenters. The maximum absolute atomic E-state index is 10.2. The highest BCUT2D eigenvalue weighted by atomic mass is 16.5. The molecule has 1 N–H and O–H groups in total. The van der Waals surface area contributed by atoms with E-state index in [1.54, 1.807) is 38.5 Å². The van der Waals surface area contributed by atoms with Crippen LogP contribution in [0.5, 0.6) is 23.0 Å². The Morgan fingerprint density at radius 2 is 1.53 bits per heavy atom. The topological polar surface area (TPSA) is 47.9 Å². The van der Waals surface area contributed by atoms with Crippen molar-refractivity contribution in [3.63, 3.8) is 0 Å². The second-order valence-electron chi connectivity index (χ2n) is 3.92. The van der Waals surface area contributed by atoms with Gasteiger partial charge in [0, 0.05) is 11.1 Å². The van der Waals surface area contributed by atoms with Crippen molar-refractivity contribution >= 4 is 0 Å². The van der Waals surface area contributed by atoms with Crippen molar-refractivity contribution in [2.75, 3.05) is 21.3 Å². The fourth-order valence-electron chi connectivity index (χ4n) is 1.93. The third-order valence-electron chi connectivity index (χ3n) is 2.92. The summed E-state index contributed by atoms with van der Waals surface area (Å²) in [6.45, 7) is 0. The fraction of sp³-hybridized carbons (Fsp3) is 0.200. The SMILES string of the molecule is COc1ccc(OC)c(-c2cccc(OC)c2O)c1. The van der Waals surface area contributed by atoms with E-state index >= 15 is 0 Å². The molecule has 0 aliphatic rings. The lowest BCUT2D eigenvalue weighted by atomic mass is 10.0. The summed E-state index contributed by atoms with van der Waals surface area (Å²) in [5.74, 6) is 1.85. The standard InChI is InChI=1S/C15H16O4/c1-17-10-7-8-13(18-2)12(9-10)11-5-4-6-14(19-3)15(11)16/h4-9,16H,1-3H3. The van der Waals surface area contributed by atoms with Crippen molar-refractivity contribution in [2.45, 2.75) is 0 Å². The van der Waals surface area contributed by atoms with Gasteiger partial charge in [-0.3, -0.25) is 0 Å². The van der Waals surface area contributed by atoms with Gasteiger partial charge < -0.3 is 19.3 Å². The Hall–Kier alpha value is -2.36. The summed E-state index contributed by atoms with van der Waals surface area (Å²) in [4.78, 5) is 0. The molecule has 0 saturated carbocycles. The third kappa shape index (κ3) is 2.42. The Morgan fingerprint density at radius 1 is 0.789 bits per heavy atom. The quantitative estimate of drug-likeness (QED) is 0.917. The average molecular weight is 260 g/mol. The van der Waals surface area contributed by atoms with Crippen LogP contribution in [0.2, 0.25) is 0 Å². The normalized spacial score (nSPS) is 10.1. The predicted molar refractivity (Wildman–Crippen MR) is 73.2 cm³/mol. The summed E-state index contributed by atoms with van der Waals surface area (Å²) in [5, 5.41) is 10.2. The summed E-state index contributed by atoms with van der Waals surface area (Å²) in [7, 11) is 4.70. The molecule has 19 heavy (non-hydrogen) atoms.